The number of amides is 2. The van der Waals surface area contributed by atoms with Crippen LogP contribution >= 0.6 is 0 Å². The van der Waals surface area contributed by atoms with Gasteiger partial charge >= 0.3 is 5.97 Å². The molecule has 0 unspecified atom stereocenters. The molecule has 0 spiro atoms. The second-order valence-corrected chi connectivity index (χ2v) is 6.27. The maximum atomic E-state index is 13.6. The normalized spacial score (nSPS) is 14.2. The summed E-state index contributed by atoms with van der Waals surface area (Å²) in [7, 11) is 0. The van der Waals surface area contributed by atoms with Crippen molar-refractivity contribution in [2.45, 2.75) is 20.3 Å². The lowest BCUT2D eigenvalue weighted by Gasteiger charge is -2.04. The number of H-pyrrole nitrogens is 1. The van der Waals surface area contributed by atoms with Crippen LogP contribution in [-0.2, 0) is 9.59 Å². The molecular formula is C19H18FN3O4. The maximum absolute atomic E-state index is 13.6. The lowest BCUT2D eigenvalue weighted by molar-refractivity contribution is -0.136. The molecule has 27 heavy (non-hydrogen) atoms. The Hall–Kier alpha value is -3.42. The van der Waals surface area contributed by atoms with Crippen LogP contribution in [0.25, 0.3) is 11.6 Å². The number of nitrogens with one attached hydrogen (secondary N) is 3. The molecule has 0 radical (unpaired) electrons. The minimum atomic E-state index is -0.999. The van der Waals surface area contributed by atoms with Gasteiger partial charge in [0.15, 0.2) is 0 Å². The monoisotopic (exact) mass is 371 g/mol. The molecular weight excluding hydrogens is 353 g/mol. The third-order valence-corrected chi connectivity index (χ3v) is 4.38. The highest BCUT2D eigenvalue weighted by molar-refractivity contribution is 6.34. The first-order valence-electron chi connectivity index (χ1n) is 8.30. The minimum Gasteiger partial charge on any atom is -0.481 e. The molecule has 0 aliphatic carbocycles. The van der Waals surface area contributed by atoms with E-state index in [-0.39, 0.29) is 18.9 Å². The van der Waals surface area contributed by atoms with E-state index in [2.05, 4.69) is 15.6 Å². The van der Waals surface area contributed by atoms with E-state index in [0.717, 1.165) is 0 Å². The van der Waals surface area contributed by atoms with Gasteiger partial charge in [0.05, 0.1) is 17.6 Å². The van der Waals surface area contributed by atoms with E-state index < -0.39 is 17.7 Å². The van der Waals surface area contributed by atoms with Gasteiger partial charge in [-0.15, -0.1) is 0 Å². The first-order chi connectivity index (χ1) is 12.8. The van der Waals surface area contributed by atoms with Crippen molar-refractivity contribution in [1.82, 2.24) is 10.3 Å². The van der Waals surface area contributed by atoms with Crippen LogP contribution < -0.4 is 10.6 Å². The quantitative estimate of drug-likeness (QED) is 0.605. The van der Waals surface area contributed by atoms with Crippen LogP contribution in [0.1, 0.15) is 39.3 Å². The number of aromatic amines is 1. The number of anilines is 1. The van der Waals surface area contributed by atoms with Crippen molar-refractivity contribution in [3.63, 3.8) is 0 Å². The molecule has 0 saturated carbocycles. The number of aromatic nitrogens is 1. The third kappa shape index (κ3) is 3.59. The van der Waals surface area contributed by atoms with Crippen LogP contribution in [-0.4, -0.2) is 34.4 Å². The lowest BCUT2D eigenvalue weighted by Crippen LogP contribution is -2.26. The van der Waals surface area contributed by atoms with E-state index in [4.69, 9.17) is 5.11 Å². The highest BCUT2D eigenvalue weighted by Gasteiger charge is 2.26. The number of aliphatic carboxylic acids is 1. The molecule has 0 saturated heterocycles. The Morgan fingerprint density at radius 3 is 2.74 bits per heavy atom. The number of halogens is 1. The Morgan fingerprint density at radius 1 is 1.30 bits per heavy atom. The standard InChI is InChI=1S/C19H18FN3O4/c1-9-15(22-10(2)17(9)19(27)21-6-5-16(24)25)8-13-12-7-11(20)3-4-14(12)23-18(13)26/h3-4,7-8,22H,5-6H2,1-2H3,(H,21,27)(H,23,26)(H,24,25). The summed E-state index contributed by atoms with van der Waals surface area (Å²) in [6.45, 7) is 3.45. The summed E-state index contributed by atoms with van der Waals surface area (Å²) in [5, 5.41) is 13.9. The Kier molecular flexibility index (Phi) is 4.81. The van der Waals surface area contributed by atoms with Gasteiger partial charge < -0.3 is 20.7 Å². The van der Waals surface area contributed by atoms with Gasteiger partial charge in [0.25, 0.3) is 11.8 Å². The Morgan fingerprint density at radius 2 is 2.04 bits per heavy atom. The molecule has 1 aliphatic rings. The second kappa shape index (κ2) is 7.06. The van der Waals surface area contributed by atoms with Crippen molar-refractivity contribution in [3.8, 4) is 0 Å². The molecule has 1 aromatic carbocycles. The number of hydrogen-bond acceptors (Lipinski definition) is 3. The lowest BCUT2D eigenvalue weighted by atomic mass is 10.0. The predicted octanol–water partition coefficient (Wildman–Crippen LogP) is 2.47. The number of hydrogen-bond donors (Lipinski definition) is 4. The fourth-order valence-corrected chi connectivity index (χ4v) is 3.08. The van der Waals surface area contributed by atoms with Crippen molar-refractivity contribution in [2.24, 2.45) is 0 Å². The molecule has 1 aliphatic heterocycles. The van der Waals surface area contributed by atoms with Crippen molar-refractivity contribution < 1.29 is 23.9 Å². The number of carboxylic acid groups (broad SMARTS) is 1. The summed E-state index contributed by atoms with van der Waals surface area (Å²) < 4.78 is 13.6. The summed E-state index contributed by atoms with van der Waals surface area (Å²) in [5.74, 6) is -2.19. The van der Waals surface area contributed by atoms with Gasteiger partial charge in [-0.1, -0.05) is 0 Å². The molecule has 2 heterocycles. The number of carbonyl (C=O) groups excluding carboxylic acids is 2. The third-order valence-electron chi connectivity index (χ3n) is 4.38. The van der Waals surface area contributed by atoms with Crippen molar-refractivity contribution in [1.29, 1.82) is 0 Å². The number of carboxylic acids is 1. The van der Waals surface area contributed by atoms with Crippen LogP contribution in [0.15, 0.2) is 18.2 Å². The van der Waals surface area contributed by atoms with Gasteiger partial charge in [0.2, 0.25) is 0 Å². The number of aryl methyl sites for hydroxylation is 1. The Balaban J connectivity index is 1.92. The number of fused-ring (bicyclic) bond motifs is 1. The van der Waals surface area contributed by atoms with Crippen LogP contribution in [0.4, 0.5) is 10.1 Å². The molecule has 2 aromatic rings. The molecule has 3 rings (SSSR count). The molecule has 7 nitrogen and oxygen atoms in total. The predicted molar refractivity (Wildman–Crippen MR) is 97.8 cm³/mol. The zero-order valence-electron chi connectivity index (χ0n) is 14.8. The Bertz CT molecular complexity index is 991. The second-order valence-electron chi connectivity index (χ2n) is 6.27. The molecule has 0 fully saturated rings. The first kappa shape index (κ1) is 18.4. The van der Waals surface area contributed by atoms with Crippen molar-refractivity contribution in [3.05, 3.63) is 52.1 Å². The SMILES string of the molecule is Cc1[nH]c(C=C2C(=O)Nc3ccc(F)cc32)c(C)c1C(=O)NCCC(=O)O. The van der Waals surface area contributed by atoms with Gasteiger partial charge in [-0.2, -0.15) is 0 Å². The van der Waals surface area contributed by atoms with Gasteiger partial charge in [-0.25, -0.2) is 4.39 Å². The van der Waals surface area contributed by atoms with E-state index in [9.17, 15) is 18.8 Å². The Labute approximate surface area is 154 Å². The number of benzene rings is 1. The van der Waals surface area contributed by atoms with Crippen LogP contribution in [0.3, 0.4) is 0 Å². The van der Waals surface area contributed by atoms with Gasteiger partial charge in [0, 0.05) is 29.2 Å². The van der Waals surface area contributed by atoms with E-state index in [1.54, 1.807) is 19.9 Å². The van der Waals surface area contributed by atoms with Crippen LogP contribution in [0.2, 0.25) is 0 Å². The van der Waals surface area contributed by atoms with Crippen molar-refractivity contribution >= 4 is 35.1 Å². The summed E-state index contributed by atoms with van der Waals surface area (Å²) in [6, 6.07) is 4.05. The fourth-order valence-electron chi connectivity index (χ4n) is 3.08. The molecule has 0 bridgehead atoms. The number of carbonyl (C=O) groups is 3. The highest BCUT2D eigenvalue weighted by atomic mass is 19.1. The topological polar surface area (TPSA) is 111 Å². The van der Waals surface area contributed by atoms with E-state index >= 15 is 0 Å². The summed E-state index contributed by atoms with van der Waals surface area (Å²) >= 11 is 0. The average molecular weight is 371 g/mol. The van der Waals surface area contributed by atoms with Crippen LogP contribution in [0.5, 0.6) is 0 Å². The average Bonchev–Trinajstić information content (AvgIpc) is 3.04. The van der Waals surface area contributed by atoms with Crippen molar-refractivity contribution in [2.75, 3.05) is 11.9 Å². The zero-order valence-corrected chi connectivity index (χ0v) is 14.8. The van der Waals surface area contributed by atoms with E-state index in [0.29, 0.717) is 39.3 Å². The van der Waals surface area contributed by atoms with Gasteiger partial charge in [0.1, 0.15) is 5.82 Å². The van der Waals surface area contributed by atoms with E-state index in [1.807, 2.05) is 0 Å². The summed E-state index contributed by atoms with van der Waals surface area (Å²) in [5.41, 5.74) is 3.43. The molecule has 2 amide bonds. The zero-order chi connectivity index (χ0) is 19.7. The molecule has 4 N–H and O–H groups in total. The minimum absolute atomic E-state index is 0.0176. The summed E-state index contributed by atoms with van der Waals surface area (Å²) in [6.07, 6.45) is 1.41. The largest absolute Gasteiger partial charge is 0.481 e. The maximum Gasteiger partial charge on any atom is 0.305 e. The molecule has 1 aromatic heterocycles. The van der Waals surface area contributed by atoms with E-state index in [1.165, 1.54) is 18.2 Å². The first-order valence-corrected chi connectivity index (χ1v) is 8.30. The highest BCUT2D eigenvalue weighted by Crippen LogP contribution is 2.34. The number of rotatable bonds is 5. The molecule has 140 valence electrons. The van der Waals surface area contributed by atoms with Gasteiger partial charge in [-0.05, 0) is 43.7 Å². The smallest absolute Gasteiger partial charge is 0.305 e. The van der Waals surface area contributed by atoms with Gasteiger partial charge in [-0.3, -0.25) is 14.4 Å². The van der Waals surface area contributed by atoms with Crippen LogP contribution in [0, 0.1) is 19.7 Å². The molecule has 0 atom stereocenters. The fraction of sp³-hybridized carbons (Fsp3) is 0.211. The summed E-state index contributed by atoms with van der Waals surface area (Å²) in [4.78, 5) is 38.2. The molecule has 8 heteroatoms.